The van der Waals surface area contributed by atoms with E-state index in [0.717, 1.165) is 30.6 Å². The Morgan fingerprint density at radius 2 is 1.26 bits per heavy atom. The molecule has 2 saturated carbocycles. The van der Waals surface area contributed by atoms with Crippen molar-refractivity contribution in [3.8, 4) is 0 Å². The molecule has 2 N–H and O–H groups in total. The summed E-state index contributed by atoms with van der Waals surface area (Å²) < 4.78 is 0. The van der Waals surface area contributed by atoms with Gasteiger partial charge in [-0.3, -0.25) is 0 Å². The summed E-state index contributed by atoms with van der Waals surface area (Å²) in [6, 6.07) is 0. The summed E-state index contributed by atoms with van der Waals surface area (Å²) in [5, 5.41) is 18.5. The molecule has 0 aliphatic heterocycles. The number of rotatable bonds is 5. The van der Waals surface area contributed by atoms with Crippen molar-refractivity contribution in [1.29, 1.82) is 0 Å². The molecule has 0 radical (unpaired) electrons. The largest absolute Gasteiger partial charge is 0.396 e. The van der Waals surface area contributed by atoms with Crippen LogP contribution in [0.2, 0.25) is 0 Å². The Morgan fingerprint density at radius 3 is 1.74 bits per heavy atom. The van der Waals surface area contributed by atoms with E-state index in [1.807, 2.05) is 0 Å². The molecule has 0 heterocycles. The highest BCUT2D eigenvalue weighted by atomic mass is 16.3. The average Bonchev–Trinajstić information content (AvgIpc) is 2.41. The van der Waals surface area contributed by atoms with Crippen molar-refractivity contribution in [3.63, 3.8) is 0 Å². The van der Waals surface area contributed by atoms with Crippen molar-refractivity contribution < 1.29 is 10.2 Å². The molecule has 2 rings (SSSR count). The van der Waals surface area contributed by atoms with E-state index in [2.05, 4.69) is 6.92 Å². The second-order valence-corrected chi connectivity index (χ2v) is 7.30. The molecule has 0 bridgehead atoms. The summed E-state index contributed by atoms with van der Waals surface area (Å²) in [7, 11) is 0. The van der Waals surface area contributed by atoms with Gasteiger partial charge in [0.2, 0.25) is 0 Å². The topological polar surface area (TPSA) is 40.5 Å². The first-order valence-corrected chi connectivity index (χ1v) is 8.41. The van der Waals surface area contributed by atoms with E-state index in [-0.39, 0.29) is 18.6 Å². The van der Waals surface area contributed by atoms with Crippen LogP contribution in [0.4, 0.5) is 0 Å². The smallest absolute Gasteiger partial charge is 0.0436 e. The van der Waals surface area contributed by atoms with Crippen LogP contribution >= 0.6 is 0 Å². The fourth-order valence-electron chi connectivity index (χ4n) is 4.58. The highest BCUT2D eigenvalue weighted by molar-refractivity contribution is 4.88. The van der Waals surface area contributed by atoms with Crippen LogP contribution in [-0.2, 0) is 0 Å². The van der Waals surface area contributed by atoms with Crippen LogP contribution in [-0.4, -0.2) is 23.4 Å². The molecule has 19 heavy (non-hydrogen) atoms. The molecule has 0 saturated heterocycles. The van der Waals surface area contributed by atoms with E-state index in [1.165, 1.54) is 51.4 Å². The zero-order valence-electron chi connectivity index (χ0n) is 12.6. The third kappa shape index (κ3) is 3.95. The molecule has 0 atom stereocenters. The normalized spacial score (nSPS) is 32.4. The van der Waals surface area contributed by atoms with Crippen LogP contribution in [0.1, 0.15) is 71.1 Å². The number of aliphatic hydroxyl groups is 2. The van der Waals surface area contributed by atoms with Crippen LogP contribution in [0.15, 0.2) is 0 Å². The van der Waals surface area contributed by atoms with Gasteiger partial charge in [-0.25, -0.2) is 0 Å². The number of hydrogen-bond acceptors (Lipinski definition) is 2. The third-order valence-corrected chi connectivity index (χ3v) is 6.10. The lowest BCUT2D eigenvalue weighted by Crippen LogP contribution is -2.33. The van der Waals surface area contributed by atoms with Crippen molar-refractivity contribution in [2.24, 2.45) is 23.2 Å². The maximum Gasteiger partial charge on any atom is 0.0436 e. The molecular formula is C17H32O2. The Hall–Kier alpha value is -0.0800. The first-order chi connectivity index (χ1) is 9.19. The first-order valence-electron chi connectivity index (χ1n) is 8.41. The molecular weight excluding hydrogens is 236 g/mol. The maximum atomic E-state index is 9.27. The zero-order chi connectivity index (χ0) is 13.7. The van der Waals surface area contributed by atoms with E-state index < -0.39 is 0 Å². The zero-order valence-corrected chi connectivity index (χ0v) is 12.6. The van der Waals surface area contributed by atoms with Gasteiger partial charge in [0.15, 0.2) is 0 Å². The molecule has 0 aromatic carbocycles. The molecule has 2 aliphatic carbocycles. The van der Waals surface area contributed by atoms with Crippen molar-refractivity contribution in [3.05, 3.63) is 0 Å². The number of aliphatic hydroxyl groups excluding tert-OH is 2. The molecule has 112 valence electrons. The lowest BCUT2D eigenvalue weighted by Gasteiger charge is -2.43. The van der Waals surface area contributed by atoms with Crippen LogP contribution in [0.3, 0.4) is 0 Å². The predicted octanol–water partition coefficient (Wildman–Crippen LogP) is 3.75. The second-order valence-electron chi connectivity index (χ2n) is 7.30. The van der Waals surface area contributed by atoms with Gasteiger partial charge in [0.25, 0.3) is 0 Å². The summed E-state index contributed by atoms with van der Waals surface area (Å²) in [6.45, 7) is 2.96. The SMILES string of the molecule is CC1CCC(C2CCC(CCO)(CCO)CC2)CC1. The quantitative estimate of drug-likeness (QED) is 0.797. The van der Waals surface area contributed by atoms with Crippen LogP contribution in [0.25, 0.3) is 0 Å². The Balaban J connectivity index is 1.83. The minimum Gasteiger partial charge on any atom is -0.396 e. The minimum atomic E-state index is 0.252. The summed E-state index contributed by atoms with van der Waals surface area (Å²) in [6.07, 6.45) is 12.6. The molecule has 0 unspecified atom stereocenters. The fraction of sp³-hybridized carbons (Fsp3) is 1.00. The lowest BCUT2D eigenvalue weighted by molar-refractivity contribution is 0.0504. The summed E-state index contributed by atoms with van der Waals surface area (Å²) in [4.78, 5) is 0. The molecule has 2 nitrogen and oxygen atoms in total. The van der Waals surface area contributed by atoms with Gasteiger partial charge in [0.1, 0.15) is 0 Å². The van der Waals surface area contributed by atoms with Crippen LogP contribution in [0.5, 0.6) is 0 Å². The van der Waals surface area contributed by atoms with Gasteiger partial charge in [-0.1, -0.05) is 19.8 Å². The maximum absolute atomic E-state index is 9.27. The summed E-state index contributed by atoms with van der Waals surface area (Å²) in [5.41, 5.74) is 0.252. The van der Waals surface area contributed by atoms with Crippen LogP contribution in [0, 0.1) is 23.2 Å². The molecule has 0 aromatic heterocycles. The lowest BCUT2D eigenvalue weighted by atomic mass is 9.62. The van der Waals surface area contributed by atoms with Gasteiger partial charge in [0, 0.05) is 13.2 Å². The van der Waals surface area contributed by atoms with E-state index >= 15 is 0 Å². The molecule has 0 spiro atoms. The fourth-order valence-corrected chi connectivity index (χ4v) is 4.58. The molecule has 0 amide bonds. The molecule has 2 aliphatic rings. The van der Waals surface area contributed by atoms with Crippen LogP contribution < -0.4 is 0 Å². The van der Waals surface area contributed by atoms with Gasteiger partial charge in [0.05, 0.1) is 0 Å². The van der Waals surface area contributed by atoms with Crippen molar-refractivity contribution in [2.45, 2.75) is 71.1 Å². The predicted molar refractivity (Wildman–Crippen MR) is 78.9 cm³/mol. The first kappa shape index (κ1) is 15.3. The second kappa shape index (κ2) is 7.08. The Morgan fingerprint density at radius 1 is 0.789 bits per heavy atom. The van der Waals surface area contributed by atoms with Gasteiger partial charge >= 0.3 is 0 Å². The Labute approximate surface area is 118 Å². The molecule has 2 fully saturated rings. The third-order valence-electron chi connectivity index (χ3n) is 6.10. The van der Waals surface area contributed by atoms with Crippen molar-refractivity contribution >= 4 is 0 Å². The minimum absolute atomic E-state index is 0.252. The number of hydrogen-bond donors (Lipinski definition) is 2. The summed E-state index contributed by atoms with van der Waals surface area (Å²) >= 11 is 0. The Kier molecular flexibility index (Phi) is 5.70. The van der Waals surface area contributed by atoms with Gasteiger partial charge in [-0.2, -0.15) is 0 Å². The monoisotopic (exact) mass is 268 g/mol. The van der Waals surface area contributed by atoms with Gasteiger partial charge < -0.3 is 10.2 Å². The highest BCUT2D eigenvalue weighted by Gasteiger charge is 2.37. The summed E-state index contributed by atoms with van der Waals surface area (Å²) in [5.74, 6) is 2.85. The van der Waals surface area contributed by atoms with E-state index in [9.17, 15) is 10.2 Å². The Bertz CT molecular complexity index is 240. The van der Waals surface area contributed by atoms with Gasteiger partial charge in [-0.15, -0.1) is 0 Å². The highest BCUT2D eigenvalue weighted by Crippen LogP contribution is 2.48. The van der Waals surface area contributed by atoms with E-state index in [0.29, 0.717) is 0 Å². The molecule has 2 heteroatoms. The average molecular weight is 268 g/mol. The molecule has 0 aromatic rings. The van der Waals surface area contributed by atoms with Gasteiger partial charge in [-0.05, 0) is 74.5 Å². The van der Waals surface area contributed by atoms with Crippen molar-refractivity contribution in [2.75, 3.05) is 13.2 Å². The standard InChI is InChI=1S/C17H32O2/c1-14-2-4-15(5-3-14)16-6-8-17(9-7-16,10-12-18)11-13-19/h14-16,18-19H,2-13H2,1H3. The van der Waals surface area contributed by atoms with Crippen molar-refractivity contribution in [1.82, 2.24) is 0 Å². The van der Waals surface area contributed by atoms with E-state index in [4.69, 9.17) is 0 Å². The van der Waals surface area contributed by atoms with E-state index in [1.54, 1.807) is 0 Å².